The van der Waals surface area contributed by atoms with Crippen molar-refractivity contribution in [1.29, 1.82) is 0 Å². The van der Waals surface area contributed by atoms with E-state index in [1.165, 1.54) is 9.80 Å². The molecule has 0 atom stereocenters. The highest BCUT2D eigenvalue weighted by atomic mass is 16.5. The van der Waals surface area contributed by atoms with Crippen LogP contribution in [0.5, 0.6) is 5.75 Å². The molecular formula is C25H33N5O4. The van der Waals surface area contributed by atoms with E-state index >= 15 is 0 Å². The van der Waals surface area contributed by atoms with Crippen LogP contribution in [0, 0.1) is 5.41 Å². The summed E-state index contributed by atoms with van der Waals surface area (Å²) >= 11 is 0. The second-order valence-corrected chi connectivity index (χ2v) is 8.95. The van der Waals surface area contributed by atoms with Gasteiger partial charge in [-0.1, -0.05) is 0 Å². The van der Waals surface area contributed by atoms with Gasteiger partial charge in [-0.15, -0.1) is 0 Å². The molecular weight excluding hydrogens is 434 g/mol. The number of aromatic nitrogens is 1. The first-order valence-corrected chi connectivity index (χ1v) is 11.3. The van der Waals surface area contributed by atoms with Crippen LogP contribution >= 0.6 is 0 Å². The number of ether oxygens (including phenoxy) is 1. The van der Waals surface area contributed by atoms with Crippen molar-refractivity contribution in [3.63, 3.8) is 0 Å². The second-order valence-electron chi connectivity index (χ2n) is 8.95. The summed E-state index contributed by atoms with van der Waals surface area (Å²) in [5.41, 5.74) is 1.22. The van der Waals surface area contributed by atoms with Crippen molar-refractivity contribution in [2.24, 2.45) is 5.41 Å². The predicted molar refractivity (Wildman–Crippen MR) is 131 cm³/mol. The molecule has 1 aromatic carbocycles. The lowest BCUT2D eigenvalue weighted by atomic mass is 9.90. The Morgan fingerprint density at radius 2 is 1.71 bits per heavy atom. The maximum Gasteiger partial charge on any atom is 0.241 e. The van der Waals surface area contributed by atoms with Crippen molar-refractivity contribution < 1.29 is 19.1 Å². The summed E-state index contributed by atoms with van der Waals surface area (Å²) in [5.74, 6) is 0.0596. The van der Waals surface area contributed by atoms with E-state index in [-0.39, 0.29) is 17.7 Å². The van der Waals surface area contributed by atoms with Gasteiger partial charge in [0.25, 0.3) is 0 Å². The van der Waals surface area contributed by atoms with Gasteiger partial charge >= 0.3 is 0 Å². The summed E-state index contributed by atoms with van der Waals surface area (Å²) in [4.78, 5) is 46.7. The van der Waals surface area contributed by atoms with Gasteiger partial charge in [0.2, 0.25) is 17.7 Å². The van der Waals surface area contributed by atoms with Crippen molar-refractivity contribution >= 4 is 29.1 Å². The molecule has 2 aromatic rings. The first-order valence-electron chi connectivity index (χ1n) is 11.3. The van der Waals surface area contributed by atoms with Gasteiger partial charge in [-0.3, -0.25) is 24.3 Å². The van der Waals surface area contributed by atoms with Crippen molar-refractivity contribution in [3.8, 4) is 5.75 Å². The number of carbonyl (C=O) groups excluding carboxylic acids is 3. The maximum absolute atomic E-state index is 12.9. The van der Waals surface area contributed by atoms with Gasteiger partial charge < -0.3 is 19.9 Å². The monoisotopic (exact) mass is 467 g/mol. The molecule has 2 heterocycles. The number of nitrogens with one attached hydrogen (secondary N) is 1. The zero-order valence-corrected chi connectivity index (χ0v) is 20.5. The number of benzene rings is 1. The van der Waals surface area contributed by atoms with Crippen LogP contribution in [0.1, 0.15) is 25.8 Å². The number of rotatable bonds is 9. The number of pyridine rings is 1. The van der Waals surface area contributed by atoms with Crippen LogP contribution in [0.3, 0.4) is 0 Å². The van der Waals surface area contributed by atoms with Gasteiger partial charge in [0.05, 0.1) is 24.5 Å². The van der Waals surface area contributed by atoms with E-state index < -0.39 is 5.41 Å². The molecule has 0 saturated carbocycles. The van der Waals surface area contributed by atoms with E-state index in [0.717, 1.165) is 5.56 Å². The third-order valence-electron chi connectivity index (χ3n) is 6.04. The Bertz CT molecular complexity index is 1040. The molecule has 1 aromatic heterocycles. The van der Waals surface area contributed by atoms with E-state index in [4.69, 9.17) is 4.74 Å². The van der Waals surface area contributed by atoms with Crippen LogP contribution < -0.4 is 19.9 Å². The molecule has 1 N–H and O–H groups in total. The largest absolute Gasteiger partial charge is 0.493 e. The fraction of sp³-hybridized carbons (Fsp3) is 0.440. The molecule has 0 saturated heterocycles. The number of hydrogen-bond acceptors (Lipinski definition) is 6. The smallest absolute Gasteiger partial charge is 0.241 e. The standard InChI is InChI=1S/C25H33N5O4/c1-25(2)23(32)28(4)20-8-7-19(15-21(20)29(5)24(25)33)34-14-6-13-30(17-22(31)26-3)16-18-9-11-27-12-10-18/h7-12,15H,6,13-14,16-17H2,1-5H3,(H,26,31). The molecule has 0 bridgehead atoms. The summed E-state index contributed by atoms with van der Waals surface area (Å²) in [6.45, 7) is 5.33. The van der Waals surface area contributed by atoms with Crippen molar-refractivity contribution in [3.05, 3.63) is 48.3 Å². The molecule has 182 valence electrons. The first-order chi connectivity index (χ1) is 16.1. The zero-order valence-electron chi connectivity index (χ0n) is 20.5. The number of likely N-dealkylation sites (N-methyl/N-ethyl adjacent to an activating group) is 1. The van der Waals surface area contributed by atoms with Crippen LogP contribution in [0.2, 0.25) is 0 Å². The lowest BCUT2D eigenvalue weighted by molar-refractivity contribution is -0.137. The highest BCUT2D eigenvalue weighted by Gasteiger charge is 2.44. The maximum atomic E-state index is 12.9. The Balaban J connectivity index is 1.64. The molecule has 9 nitrogen and oxygen atoms in total. The number of hydrogen-bond donors (Lipinski definition) is 1. The normalized spacial score (nSPS) is 15.2. The number of nitrogens with zero attached hydrogens (tertiary/aromatic N) is 4. The molecule has 3 amide bonds. The topological polar surface area (TPSA) is 95.1 Å². The molecule has 0 radical (unpaired) electrons. The summed E-state index contributed by atoms with van der Waals surface area (Å²) in [6, 6.07) is 9.26. The predicted octanol–water partition coefficient (Wildman–Crippen LogP) is 2.06. The fourth-order valence-corrected chi connectivity index (χ4v) is 4.01. The molecule has 0 aliphatic carbocycles. The van der Waals surface area contributed by atoms with Gasteiger partial charge in [-0.2, -0.15) is 0 Å². The third kappa shape index (κ3) is 5.53. The summed E-state index contributed by atoms with van der Waals surface area (Å²) < 4.78 is 5.96. The van der Waals surface area contributed by atoms with Crippen molar-refractivity contribution in [2.45, 2.75) is 26.8 Å². The quantitative estimate of drug-likeness (QED) is 0.448. The Hall–Kier alpha value is -3.46. The van der Waals surface area contributed by atoms with Crippen molar-refractivity contribution in [1.82, 2.24) is 15.2 Å². The lowest BCUT2D eigenvalue weighted by Crippen LogP contribution is -2.46. The molecule has 1 aliphatic heterocycles. The van der Waals surface area contributed by atoms with Gasteiger partial charge in [0.15, 0.2) is 0 Å². The van der Waals surface area contributed by atoms with E-state index in [2.05, 4.69) is 15.2 Å². The van der Waals surface area contributed by atoms with Crippen LogP contribution in [0.4, 0.5) is 11.4 Å². The fourth-order valence-electron chi connectivity index (χ4n) is 4.01. The number of carbonyl (C=O) groups is 3. The van der Waals surface area contributed by atoms with Gasteiger partial charge in [0.1, 0.15) is 11.2 Å². The molecule has 3 rings (SSSR count). The summed E-state index contributed by atoms with van der Waals surface area (Å²) in [5, 5.41) is 2.67. The van der Waals surface area contributed by atoms with Crippen LogP contribution in [-0.2, 0) is 20.9 Å². The van der Waals surface area contributed by atoms with Gasteiger partial charge in [-0.25, -0.2) is 0 Å². The summed E-state index contributed by atoms with van der Waals surface area (Å²) in [6.07, 6.45) is 4.19. The number of amides is 3. The Labute approximate surface area is 200 Å². The SMILES string of the molecule is CNC(=O)CN(CCCOc1ccc2c(c1)N(C)C(=O)C(C)(C)C(=O)N2C)Cc1ccncc1. The van der Waals surface area contributed by atoms with Gasteiger partial charge in [-0.05, 0) is 50.1 Å². The molecule has 0 fully saturated rings. The summed E-state index contributed by atoms with van der Waals surface area (Å²) in [7, 11) is 4.98. The Kier molecular flexibility index (Phi) is 7.88. The second kappa shape index (κ2) is 10.6. The van der Waals surface area contributed by atoms with Crippen molar-refractivity contribution in [2.75, 3.05) is 50.6 Å². The molecule has 1 aliphatic rings. The minimum atomic E-state index is -1.15. The number of fused-ring (bicyclic) bond motifs is 1. The molecule has 34 heavy (non-hydrogen) atoms. The van der Waals surface area contributed by atoms with E-state index in [1.54, 1.807) is 65.6 Å². The molecule has 0 unspecified atom stereocenters. The van der Waals surface area contributed by atoms with E-state index in [9.17, 15) is 14.4 Å². The van der Waals surface area contributed by atoms with Gasteiger partial charge in [0, 0.05) is 52.7 Å². The minimum absolute atomic E-state index is 0.0463. The lowest BCUT2D eigenvalue weighted by Gasteiger charge is -2.25. The average molecular weight is 468 g/mol. The molecule has 9 heteroatoms. The number of anilines is 2. The molecule has 0 spiro atoms. The van der Waals surface area contributed by atoms with E-state index in [0.29, 0.717) is 49.8 Å². The zero-order chi connectivity index (χ0) is 24.9. The highest BCUT2D eigenvalue weighted by molar-refractivity contribution is 6.19. The van der Waals surface area contributed by atoms with Crippen LogP contribution in [0.15, 0.2) is 42.7 Å². The highest BCUT2D eigenvalue weighted by Crippen LogP contribution is 2.39. The third-order valence-corrected chi connectivity index (χ3v) is 6.04. The minimum Gasteiger partial charge on any atom is -0.493 e. The average Bonchev–Trinajstić information content (AvgIpc) is 2.88. The van der Waals surface area contributed by atoms with E-state index in [1.807, 2.05) is 12.1 Å². The van der Waals surface area contributed by atoms with Crippen LogP contribution in [0.25, 0.3) is 0 Å². The first kappa shape index (κ1) is 25.2. The Morgan fingerprint density at radius 3 is 2.35 bits per heavy atom. The Morgan fingerprint density at radius 1 is 1.06 bits per heavy atom. The van der Waals surface area contributed by atoms with Crippen LogP contribution in [-0.4, -0.2) is 68.4 Å².